The van der Waals surface area contributed by atoms with Crippen LogP contribution in [0.15, 0.2) is 6.20 Å². The van der Waals surface area contributed by atoms with Gasteiger partial charge in [0.2, 0.25) is 0 Å². The zero-order valence-electron chi connectivity index (χ0n) is 19.2. The van der Waals surface area contributed by atoms with E-state index in [-0.39, 0.29) is 29.4 Å². The quantitative estimate of drug-likeness (QED) is 0.788. The number of aliphatic hydroxyl groups is 1. The van der Waals surface area contributed by atoms with Crippen molar-refractivity contribution in [2.24, 2.45) is 40.4 Å². The largest absolute Gasteiger partial charge is 0.390 e. The first-order chi connectivity index (χ1) is 14.7. The van der Waals surface area contributed by atoms with Crippen molar-refractivity contribution >= 4 is 5.78 Å². The molecule has 8 atom stereocenters. The fourth-order valence-corrected chi connectivity index (χ4v) is 8.63. The van der Waals surface area contributed by atoms with Crippen molar-refractivity contribution in [1.82, 2.24) is 15.0 Å². The first-order valence-corrected chi connectivity index (χ1v) is 12.2. The van der Waals surface area contributed by atoms with Gasteiger partial charge < -0.3 is 5.11 Å². The van der Waals surface area contributed by atoms with Gasteiger partial charge in [-0.3, -0.25) is 4.79 Å². The maximum Gasteiger partial charge on any atom is 0.182 e. The highest BCUT2D eigenvalue weighted by molar-refractivity contribution is 5.82. The van der Waals surface area contributed by atoms with Crippen LogP contribution in [0.1, 0.15) is 84.3 Å². The van der Waals surface area contributed by atoms with Gasteiger partial charge in [0, 0.05) is 5.92 Å². The maximum absolute atomic E-state index is 13.3. The Hall–Kier alpha value is -1.74. The number of hydrogen-bond acceptors (Lipinski definition) is 5. The molecule has 4 aliphatic carbocycles. The van der Waals surface area contributed by atoms with Crippen molar-refractivity contribution in [2.75, 3.05) is 0 Å². The van der Waals surface area contributed by atoms with Crippen molar-refractivity contribution < 1.29 is 9.90 Å². The van der Waals surface area contributed by atoms with Gasteiger partial charge in [-0.1, -0.05) is 13.8 Å². The summed E-state index contributed by atoms with van der Waals surface area (Å²) < 4.78 is 0. The molecule has 4 fully saturated rings. The van der Waals surface area contributed by atoms with Crippen LogP contribution < -0.4 is 0 Å². The molecule has 4 saturated carbocycles. The number of rotatable bonds is 3. The summed E-state index contributed by atoms with van der Waals surface area (Å²) in [7, 11) is 0. The zero-order chi connectivity index (χ0) is 22.0. The Bertz CT molecular complexity index is 917. The monoisotopic (exact) mass is 424 g/mol. The number of carbonyl (C=O) groups is 1. The van der Waals surface area contributed by atoms with Gasteiger partial charge in [0.15, 0.2) is 11.5 Å². The second-order valence-corrected chi connectivity index (χ2v) is 11.9. The van der Waals surface area contributed by atoms with Crippen molar-refractivity contribution in [2.45, 2.75) is 90.7 Å². The lowest BCUT2D eigenvalue weighted by atomic mass is 9.44. The Kier molecular flexibility index (Phi) is 4.86. The van der Waals surface area contributed by atoms with Crippen LogP contribution in [0.25, 0.3) is 0 Å². The Labute approximate surface area is 185 Å². The molecule has 5 rings (SSSR count). The predicted octanol–water partition coefficient (Wildman–Crippen LogP) is 4.13. The van der Waals surface area contributed by atoms with Crippen molar-refractivity contribution in [3.05, 3.63) is 11.9 Å². The molecule has 0 saturated heterocycles. The predicted molar refractivity (Wildman–Crippen MR) is 116 cm³/mol. The minimum absolute atomic E-state index is 0.0762. The fourth-order valence-electron chi connectivity index (χ4n) is 8.63. The number of ketones is 1. The van der Waals surface area contributed by atoms with Crippen LogP contribution in [-0.2, 0) is 11.3 Å². The number of hydrogen-bond donors (Lipinski definition) is 1. The van der Waals surface area contributed by atoms with E-state index in [0.29, 0.717) is 23.2 Å². The molecular formula is C25H36N4O2. The van der Waals surface area contributed by atoms with Crippen LogP contribution in [0.5, 0.6) is 0 Å². The molecule has 0 aliphatic heterocycles. The van der Waals surface area contributed by atoms with Gasteiger partial charge >= 0.3 is 0 Å². The second kappa shape index (κ2) is 7.13. The first kappa shape index (κ1) is 21.1. The topological polar surface area (TPSA) is 91.8 Å². The van der Waals surface area contributed by atoms with Gasteiger partial charge in [-0.2, -0.15) is 15.2 Å². The molecular weight excluding hydrogens is 388 g/mol. The van der Waals surface area contributed by atoms with E-state index in [0.717, 1.165) is 44.4 Å². The van der Waals surface area contributed by atoms with Gasteiger partial charge in [-0.05, 0) is 99.2 Å². The number of Topliss-reactive ketones (excluding diaryl/α,β-unsaturated/α-hetero) is 1. The van der Waals surface area contributed by atoms with Crippen LogP contribution >= 0.6 is 0 Å². The molecule has 0 unspecified atom stereocenters. The van der Waals surface area contributed by atoms with E-state index >= 15 is 0 Å². The van der Waals surface area contributed by atoms with E-state index in [4.69, 9.17) is 5.26 Å². The summed E-state index contributed by atoms with van der Waals surface area (Å²) in [4.78, 5) is 14.7. The Morgan fingerprint density at radius 2 is 1.90 bits per heavy atom. The SMILES string of the molecule is C[C@@]1(O)CC[C@@]2(C)[C@@H](CC[C@@H]3[C@@H]2CC[C@]2(C)[C@@H](C(=O)Cn4ncc(C#N)n4)CC[C@@H]32)C1. The number of nitriles is 1. The molecule has 0 bridgehead atoms. The number of fused-ring (bicyclic) bond motifs is 5. The molecule has 1 aromatic heterocycles. The molecule has 0 aromatic carbocycles. The molecule has 1 heterocycles. The summed E-state index contributed by atoms with van der Waals surface area (Å²) in [6.45, 7) is 7.09. The lowest BCUT2D eigenvalue weighted by molar-refractivity contribution is -0.151. The summed E-state index contributed by atoms with van der Waals surface area (Å²) in [6.07, 6.45) is 11.4. The second-order valence-electron chi connectivity index (χ2n) is 11.9. The highest BCUT2D eigenvalue weighted by atomic mass is 16.3. The third-order valence-corrected chi connectivity index (χ3v) is 10.3. The summed E-state index contributed by atoms with van der Waals surface area (Å²) >= 11 is 0. The number of carbonyl (C=O) groups excluding carboxylic acids is 1. The number of nitrogens with zero attached hydrogens (tertiary/aromatic N) is 4. The smallest absolute Gasteiger partial charge is 0.182 e. The third-order valence-electron chi connectivity index (χ3n) is 10.3. The molecule has 0 amide bonds. The Morgan fingerprint density at radius 1 is 1.13 bits per heavy atom. The highest BCUT2D eigenvalue weighted by Gasteiger charge is 2.61. The molecule has 4 aliphatic rings. The van der Waals surface area contributed by atoms with E-state index < -0.39 is 5.60 Å². The molecule has 31 heavy (non-hydrogen) atoms. The van der Waals surface area contributed by atoms with Crippen LogP contribution in [0.2, 0.25) is 0 Å². The van der Waals surface area contributed by atoms with Crippen LogP contribution in [0.3, 0.4) is 0 Å². The minimum Gasteiger partial charge on any atom is -0.390 e. The minimum atomic E-state index is -0.489. The molecule has 1 aromatic rings. The molecule has 0 radical (unpaired) electrons. The molecule has 6 nitrogen and oxygen atoms in total. The highest BCUT2D eigenvalue weighted by Crippen LogP contribution is 2.68. The van der Waals surface area contributed by atoms with Crippen molar-refractivity contribution in [3.63, 3.8) is 0 Å². The first-order valence-electron chi connectivity index (χ1n) is 12.2. The third kappa shape index (κ3) is 3.26. The van der Waals surface area contributed by atoms with Gasteiger partial charge in [-0.25, -0.2) is 0 Å². The summed E-state index contributed by atoms with van der Waals surface area (Å²) in [5.74, 6) is 3.03. The Balaban J connectivity index is 1.34. The van der Waals surface area contributed by atoms with E-state index in [1.165, 1.54) is 30.3 Å². The van der Waals surface area contributed by atoms with E-state index in [2.05, 4.69) is 24.0 Å². The van der Waals surface area contributed by atoms with Crippen LogP contribution in [-0.4, -0.2) is 31.5 Å². The standard InChI is InChI=1S/C25H36N4O2/c1-23(31)10-11-24(2)16(12-23)4-5-18-19-6-7-21(25(19,3)9-8-20(18)24)22(30)15-29-27-14-17(13-26)28-29/h14,16,18-21,31H,4-12,15H2,1-3H3/t16-,18-,19-,20-,21+,23+,24-,25-/m0/s1. The van der Waals surface area contributed by atoms with E-state index in [1.54, 1.807) is 0 Å². The van der Waals surface area contributed by atoms with Gasteiger partial charge in [0.05, 0.1) is 11.8 Å². The molecule has 6 heteroatoms. The van der Waals surface area contributed by atoms with Crippen LogP contribution in [0, 0.1) is 51.8 Å². The Morgan fingerprint density at radius 3 is 2.65 bits per heavy atom. The van der Waals surface area contributed by atoms with E-state index in [9.17, 15) is 9.90 Å². The summed E-state index contributed by atoms with van der Waals surface area (Å²) in [6, 6.07) is 1.98. The average Bonchev–Trinajstić information content (AvgIpc) is 3.31. The van der Waals surface area contributed by atoms with Gasteiger partial charge in [0.25, 0.3) is 0 Å². The van der Waals surface area contributed by atoms with Gasteiger partial charge in [-0.15, -0.1) is 5.10 Å². The average molecular weight is 425 g/mol. The van der Waals surface area contributed by atoms with Crippen molar-refractivity contribution in [3.8, 4) is 6.07 Å². The van der Waals surface area contributed by atoms with E-state index in [1.807, 2.05) is 13.0 Å². The normalized spacial score (nSPS) is 46.5. The maximum atomic E-state index is 13.3. The lowest BCUT2D eigenvalue weighted by Gasteiger charge is -2.61. The van der Waals surface area contributed by atoms with Crippen LogP contribution in [0.4, 0.5) is 0 Å². The zero-order valence-corrected chi connectivity index (χ0v) is 19.2. The molecule has 1 N–H and O–H groups in total. The summed E-state index contributed by atoms with van der Waals surface area (Å²) in [5, 5.41) is 27.9. The summed E-state index contributed by atoms with van der Waals surface area (Å²) in [5.41, 5.74) is 0.200. The molecule has 168 valence electrons. The fraction of sp³-hybridized carbons (Fsp3) is 0.840. The molecule has 0 spiro atoms. The number of aromatic nitrogens is 3. The van der Waals surface area contributed by atoms with Gasteiger partial charge in [0.1, 0.15) is 12.6 Å². The van der Waals surface area contributed by atoms with Crippen molar-refractivity contribution in [1.29, 1.82) is 5.26 Å². The lowest BCUT2D eigenvalue weighted by Crippen LogP contribution is -2.55.